The Hall–Kier alpha value is -2.03. The van der Waals surface area contributed by atoms with Crippen LogP contribution in [0.1, 0.15) is 53.5 Å². The van der Waals surface area contributed by atoms with Crippen LogP contribution in [0.5, 0.6) is 0 Å². The van der Waals surface area contributed by atoms with Crippen LogP contribution in [0.3, 0.4) is 0 Å². The molecule has 3 heterocycles. The van der Waals surface area contributed by atoms with E-state index in [0.717, 1.165) is 19.4 Å². The Morgan fingerprint density at radius 2 is 2.11 bits per heavy atom. The number of aryl methyl sites for hydroxylation is 1. The van der Waals surface area contributed by atoms with Crippen LogP contribution < -0.4 is 11.1 Å². The molecule has 0 spiro atoms. The molecular formula is C19H24ClN5O2S. The molecule has 3 rings (SSSR count). The monoisotopic (exact) mass is 421 g/mol. The molecule has 2 amide bonds. The van der Waals surface area contributed by atoms with E-state index in [-0.39, 0.29) is 11.7 Å². The fourth-order valence-electron chi connectivity index (χ4n) is 3.80. The molecule has 1 atom stereocenters. The Morgan fingerprint density at radius 1 is 1.36 bits per heavy atom. The third kappa shape index (κ3) is 3.76. The summed E-state index contributed by atoms with van der Waals surface area (Å²) in [6, 6.07) is 3.36. The predicted octanol–water partition coefficient (Wildman–Crippen LogP) is 3.33. The van der Waals surface area contributed by atoms with E-state index in [1.807, 2.05) is 20.8 Å². The number of nitrogens with one attached hydrogen (secondary N) is 1. The van der Waals surface area contributed by atoms with Gasteiger partial charge >= 0.3 is 0 Å². The summed E-state index contributed by atoms with van der Waals surface area (Å²) >= 11 is 7.21. The molecule has 1 saturated heterocycles. The summed E-state index contributed by atoms with van der Waals surface area (Å²) in [4.78, 5) is 37.0. The van der Waals surface area contributed by atoms with Crippen LogP contribution in [-0.4, -0.2) is 39.3 Å². The topological polar surface area (TPSA) is 101 Å². The number of pyridine rings is 1. The number of hydrogen-bond donors (Lipinski definition) is 2. The van der Waals surface area contributed by atoms with E-state index in [2.05, 4.69) is 20.2 Å². The van der Waals surface area contributed by atoms with Crippen molar-refractivity contribution in [1.82, 2.24) is 14.9 Å². The maximum atomic E-state index is 13.0. The number of nitrogens with zero attached hydrogens (tertiary/aromatic N) is 3. The number of thiazole rings is 1. The van der Waals surface area contributed by atoms with Crippen LogP contribution in [0.15, 0.2) is 18.3 Å². The molecule has 1 aliphatic heterocycles. The van der Waals surface area contributed by atoms with Crippen LogP contribution in [0.4, 0.5) is 5.82 Å². The van der Waals surface area contributed by atoms with Gasteiger partial charge in [0.25, 0.3) is 5.91 Å². The fourth-order valence-corrected chi connectivity index (χ4v) is 5.07. The summed E-state index contributed by atoms with van der Waals surface area (Å²) in [5.74, 6) is -0.490. The van der Waals surface area contributed by atoms with Gasteiger partial charge in [-0.05, 0) is 58.7 Å². The third-order valence-corrected chi connectivity index (χ3v) is 6.35. The second-order valence-corrected chi connectivity index (χ2v) is 8.83. The summed E-state index contributed by atoms with van der Waals surface area (Å²) in [5, 5.41) is 3.93. The number of likely N-dealkylation sites (tertiary alicyclic amines) is 1. The SMILES string of the molecule is Cc1nc(C(=O)Nc2ccc(Cl)cn2)c(C2(C(N)=O)CCCCN2C(C)C)s1. The first kappa shape index (κ1) is 20.7. The van der Waals surface area contributed by atoms with Gasteiger partial charge in [0.05, 0.1) is 14.9 Å². The van der Waals surface area contributed by atoms with E-state index in [1.54, 1.807) is 12.1 Å². The van der Waals surface area contributed by atoms with E-state index in [1.165, 1.54) is 17.5 Å². The highest BCUT2D eigenvalue weighted by Gasteiger charge is 2.50. The maximum Gasteiger partial charge on any atom is 0.276 e. The van der Waals surface area contributed by atoms with Gasteiger partial charge < -0.3 is 11.1 Å². The largest absolute Gasteiger partial charge is 0.368 e. The molecule has 3 N–H and O–H groups in total. The van der Waals surface area contributed by atoms with E-state index in [9.17, 15) is 9.59 Å². The zero-order valence-electron chi connectivity index (χ0n) is 16.2. The average molecular weight is 422 g/mol. The second kappa shape index (κ2) is 8.14. The molecule has 2 aromatic rings. The van der Waals surface area contributed by atoms with Gasteiger partial charge in [0, 0.05) is 12.2 Å². The molecule has 1 unspecified atom stereocenters. The third-order valence-electron chi connectivity index (χ3n) is 5.00. The summed E-state index contributed by atoms with van der Waals surface area (Å²) in [6.45, 7) is 6.64. The minimum atomic E-state index is -1.03. The Morgan fingerprint density at radius 3 is 2.71 bits per heavy atom. The van der Waals surface area contributed by atoms with Gasteiger partial charge in [-0.1, -0.05) is 11.6 Å². The van der Waals surface area contributed by atoms with Crippen molar-refractivity contribution in [3.8, 4) is 0 Å². The molecule has 0 radical (unpaired) electrons. The number of anilines is 1. The molecule has 150 valence electrons. The molecule has 0 aromatic carbocycles. The van der Waals surface area contributed by atoms with Gasteiger partial charge in [-0.15, -0.1) is 11.3 Å². The molecule has 0 aliphatic carbocycles. The first-order valence-electron chi connectivity index (χ1n) is 9.23. The summed E-state index contributed by atoms with van der Waals surface area (Å²) < 4.78 is 0. The fraction of sp³-hybridized carbons (Fsp3) is 0.474. The van der Waals surface area contributed by atoms with E-state index >= 15 is 0 Å². The van der Waals surface area contributed by atoms with Crippen LogP contribution in [0.25, 0.3) is 0 Å². The molecule has 1 aliphatic rings. The molecule has 0 bridgehead atoms. The number of nitrogens with two attached hydrogens (primary N) is 1. The molecule has 9 heteroatoms. The Kier molecular flexibility index (Phi) is 6.02. The van der Waals surface area contributed by atoms with Crippen LogP contribution in [0, 0.1) is 6.92 Å². The number of primary amides is 1. The minimum absolute atomic E-state index is 0.101. The molecule has 2 aromatic heterocycles. The molecule has 1 fully saturated rings. The van der Waals surface area contributed by atoms with Crippen LogP contribution >= 0.6 is 22.9 Å². The second-order valence-electron chi connectivity index (χ2n) is 7.20. The number of aromatic nitrogens is 2. The normalized spacial score (nSPS) is 20.3. The summed E-state index contributed by atoms with van der Waals surface area (Å²) in [5.41, 5.74) is 5.15. The van der Waals surface area contributed by atoms with Crippen molar-refractivity contribution in [2.24, 2.45) is 5.73 Å². The number of carbonyl (C=O) groups excluding carboxylic acids is 2. The lowest BCUT2D eigenvalue weighted by atomic mass is 9.82. The number of carbonyl (C=O) groups is 2. The Bertz CT molecular complexity index is 883. The van der Waals surface area contributed by atoms with Gasteiger partial charge in [0.1, 0.15) is 17.1 Å². The van der Waals surface area contributed by atoms with E-state index in [4.69, 9.17) is 17.3 Å². The predicted molar refractivity (Wildman–Crippen MR) is 111 cm³/mol. The standard InChI is InChI=1S/C19H24ClN5O2S/c1-11(2)25-9-5-4-8-19(25,18(21)27)16-15(23-12(3)28-16)17(26)24-14-7-6-13(20)10-22-14/h6-7,10-11H,4-5,8-9H2,1-3H3,(H2,21,27)(H,22,24,26). The zero-order valence-corrected chi connectivity index (χ0v) is 17.7. The van der Waals surface area contributed by atoms with Crippen molar-refractivity contribution in [3.63, 3.8) is 0 Å². The van der Waals surface area contributed by atoms with Gasteiger partial charge in [-0.25, -0.2) is 9.97 Å². The van der Waals surface area contributed by atoms with Crippen LogP contribution in [0.2, 0.25) is 5.02 Å². The lowest BCUT2D eigenvalue weighted by Gasteiger charge is -2.46. The first-order valence-corrected chi connectivity index (χ1v) is 10.4. The quantitative estimate of drug-likeness (QED) is 0.771. The first-order chi connectivity index (χ1) is 13.3. The number of hydrogen-bond acceptors (Lipinski definition) is 6. The van der Waals surface area contributed by atoms with Crippen molar-refractivity contribution in [3.05, 3.63) is 38.9 Å². The number of amides is 2. The number of piperidine rings is 1. The van der Waals surface area contributed by atoms with Gasteiger partial charge in [-0.2, -0.15) is 0 Å². The molecule has 7 nitrogen and oxygen atoms in total. The smallest absolute Gasteiger partial charge is 0.276 e. The maximum absolute atomic E-state index is 13.0. The van der Waals surface area contributed by atoms with Crippen molar-refractivity contribution in [2.45, 2.75) is 51.6 Å². The Balaban J connectivity index is 2.04. The van der Waals surface area contributed by atoms with Crippen molar-refractivity contribution < 1.29 is 9.59 Å². The highest BCUT2D eigenvalue weighted by atomic mass is 35.5. The molecule has 0 saturated carbocycles. The lowest BCUT2D eigenvalue weighted by molar-refractivity contribution is -0.135. The summed E-state index contributed by atoms with van der Waals surface area (Å²) in [7, 11) is 0. The highest BCUT2D eigenvalue weighted by molar-refractivity contribution is 7.12. The van der Waals surface area contributed by atoms with Gasteiger partial charge in [0.2, 0.25) is 5.91 Å². The number of rotatable bonds is 5. The summed E-state index contributed by atoms with van der Waals surface area (Å²) in [6.07, 6.45) is 3.88. The average Bonchev–Trinajstić information content (AvgIpc) is 3.05. The van der Waals surface area contributed by atoms with E-state index < -0.39 is 17.4 Å². The van der Waals surface area contributed by atoms with Crippen LogP contribution in [-0.2, 0) is 10.3 Å². The van der Waals surface area contributed by atoms with Gasteiger partial charge in [-0.3, -0.25) is 14.5 Å². The molecular weight excluding hydrogens is 398 g/mol. The number of halogens is 1. The molecule has 28 heavy (non-hydrogen) atoms. The highest BCUT2D eigenvalue weighted by Crippen LogP contribution is 2.43. The van der Waals surface area contributed by atoms with Crippen molar-refractivity contribution in [2.75, 3.05) is 11.9 Å². The Labute approximate surface area is 173 Å². The van der Waals surface area contributed by atoms with Crippen molar-refractivity contribution >= 4 is 40.6 Å². The van der Waals surface area contributed by atoms with E-state index in [0.29, 0.717) is 27.1 Å². The van der Waals surface area contributed by atoms with Crippen molar-refractivity contribution in [1.29, 1.82) is 0 Å². The zero-order chi connectivity index (χ0) is 20.5. The minimum Gasteiger partial charge on any atom is -0.368 e. The lowest BCUT2D eigenvalue weighted by Crippen LogP contribution is -2.59. The van der Waals surface area contributed by atoms with Gasteiger partial charge in [0.15, 0.2) is 0 Å².